The van der Waals surface area contributed by atoms with Crippen LogP contribution in [0.2, 0.25) is 0 Å². The number of nitrogens with zero attached hydrogens (tertiary/aromatic N) is 1. The van der Waals surface area contributed by atoms with Crippen molar-refractivity contribution in [2.45, 2.75) is 38.5 Å². The molecule has 4 aliphatic carbocycles. The van der Waals surface area contributed by atoms with Gasteiger partial charge >= 0.3 is 0 Å². The number of H-pyrrole nitrogens is 1. The molecule has 4 bridgehead atoms. The monoisotopic (exact) mass is 284 g/mol. The molecule has 0 saturated heterocycles. The van der Waals surface area contributed by atoms with Gasteiger partial charge in [0.2, 0.25) is 0 Å². The first-order chi connectivity index (χ1) is 7.40. The molecule has 1 aromatic heterocycles. The van der Waals surface area contributed by atoms with E-state index < -0.39 is 0 Å². The van der Waals surface area contributed by atoms with Crippen LogP contribution >= 0.6 is 17.0 Å². The van der Waals surface area contributed by atoms with Crippen LogP contribution in [0.1, 0.15) is 38.5 Å². The van der Waals surface area contributed by atoms with Crippen molar-refractivity contribution in [1.29, 1.82) is 0 Å². The largest absolute Gasteiger partial charge is 0.351 e. The summed E-state index contributed by atoms with van der Waals surface area (Å²) in [6.07, 6.45) is 14.7. The van der Waals surface area contributed by atoms with Crippen molar-refractivity contribution >= 4 is 17.0 Å². The minimum atomic E-state index is 0. The minimum Gasteiger partial charge on any atom is -0.351 e. The van der Waals surface area contributed by atoms with Gasteiger partial charge in [-0.15, -0.1) is 17.0 Å². The van der Waals surface area contributed by atoms with Crippen LogP contribution in [0.25, 0.3) is 0 Å². The molecule has 0 unspecified atom stereocenters. The molecule has 5 rings (SSSR count). The molecule has 0 radical (unpaired) electrons. The second-order valence-corrected chi connectivity index (χ2v) is 5.64. The summed E-state index contributed by atoms with van der Waals surface area (Å²) in [6, 6.07) is 0. The highest BCUT2D eigenvalue weighted by Gasteiger charge is 2.41. The van der Waals surface area contributed by atoms with Crippen molar-refractivity contribution in [3.63, 3.8) is 0 Å². The molecule has 0 spiro atoms. The summed E-state index contributed by atoms with van der Waals surface area (Å²) in [5.41, 5.74) is 0. The summed E-state index contributed by atoms with van der Waals surface area (Å²) >= 11 is 0. The standard InChI is InChI=1S/C10H16.C3H4N2.BrH/c1-7-2-9-4-8(1)5-10(3-7)6-9;1-2-5-3-4-1;/h7-10H,1-6H2;1-3H,(H,4,5);1H. The topological polar surface area (TPSA) is 28.7 Å². The second-order valence-electron chi connectivity index (χ2n) is 5.64. The van der Waals surface area contributed by atoms with Crippen LogP contribution in [-0.4, -0.2) is 9.97 Å². The van der Waals surface area contributed by atoms with E-state index in [-0.39, 0.29) is 17.0 Å². The maximum absolute atomic E-state index is 3.67. The molecule has 4 fully saturated rings. The van der Waals surface area contributed by atoms with E-state index in [9.17, 15) is 0 Å². The van der Waals surface area contributed by atoms with Gasteiger partial charge in [0.15, 0.2) is 0 Å². The van der Waals surface area contributed by atoms with Gasteiger partial charge in [0.25, 0.3) is 0 Å². The molecule has 16 heavy (non-hydrogen) atoms. The van der Waals surface area contributed by atoms with E-state index in [0.717, 1.165) is 0 Å². The van der Waals surface area contributed by atoms with Crippen LogP contribution in [0.3, 0.4) is 0 Å². The number of imidazole rings is 1. The lowest BCUT2D eigenvalue weighted by atomic mass is 9.56. The van der Waals surface area contributed by atoms with Crippen molar-refractivity contribution in [3.8, 4) is 0 Å². The van der Waals surface area contributed by atoms with Crippen molar-refractivity contribution in [2.24, 2.45) is 23.7 Å². The number of rotatable bonds is 0. The number of aromatic nitrogens is 2. The van der Waals surface area contributed by atoms with Gasteiger partial charge in [0.1, 0.15) is 0 Å². The minimum absolute atomic E-state index is 0. The van der Waals surface area contributed by atoms with Gasteiger partial charge < -0.3 is 4.98 Å². The van der Waals surface area contributed by atoms with E-state index in [0.29, 0.717) is 0 Å². The third kappa shape index (κ3) is 2.68. The fraction of sp³-hybridized carbons (Fsp3) is 0.769. The molecule has 0 aliphatic heterocycles. The number of nitrogens with one attached hydrogen (secondary N) is 1. The first kappa shape index (κ1) is 12.2. The molecule has 0 aromatic carbocycles. The SMILES string of the molecule is Br.C1C2CC3CC1CC(C2)C3.c1c[nH]cn1. The Morgan fingerprint density at radius 3 is 1.44 bits per heavy atom. The van der Waals surface area contributed by atoms with Gasteiger partial charge in [0.05, 0.1) is 6.33 Å². The Morgan fingerprint density at radius 1 is 0.812 bits per heavy atom. The van der Waals surface area contributed by atoms with Crippen molar-refractivity contribution in [3.05, 3.63) is 18.7 Å². The Morgan fingerprint density at radius 2 is 1.25 bits per heavy atom. The molecule has 90 valence electrons. The predicted molar refractivity (Wildman–Crippen MR) is 70.6 cm³/mol. The molecule has 2 nitrogen and oxygen atoms in total. The average Bonchev–Trinajstić information content (AvgIpc) is 2.72. The molecule has 0 amide bonds. The van der Waals surface area contributed by atoms with Gasteiger partial charge in [-0.05, 0) is 62.2 Å². The fourth-order valence-corrected chi connectivity index (χ4v) is 4.20. The van der Waals surface area contributed by atoms with E-state index in [1.807, 2.05) is 0 Å². The Kier molecular flexibility index (Phi) is 4.06. The number of aromatic amines is 1. The lowest BCUT2D eigenvalue weighted by molar-refractivity contribution is 0.0198. The van der Waals surface area contributed by atoms with Gasteiger partial charge in [-0.2, -0.15) is 0 Å². The van der Waals surface area contributed by atoms with Crippen LogP contribution in [0, 0.1) is 23.7 Å². The van der Waals surface area contributed by atoms with Crippen LogP contribution in [0.4, 0.5) is 0 Å². The summed E-state index contributed by atoms with van der Waals surface area (Å²) < 4.78 is 0. The summed E-state index contributed by atoms with van der Waals surface area (Å²) in [5.74, 6) is 4.71. The Hall–Kier alpha value is -0.310. The molecule has 1 N–H and O–H groups in total. The molecule has 1 heterocycles. The summed E-state index contributed by atoms with van der Waals surface area (Å²) in [4.78, 5) is 6.42. The highest BCUT2D eigenvalue weighted by molar-refractivity contribution is 8.93. The Labute approximate surface area is 108 Å². The van der Waals surface area contributed by atoms with Gasteiger partial charge in [0, 0.05) is 12.4 Å². The Balaban J connectivity index is 0.000000139. The lowest BCUT2D eigenvalue weighted by Gasteiger charge is -2.49. The van der Waals surface area contributed by atoms with Crippen LogP contribution in [0.5, 0.6) is 0 Å². The van der Waals surface area contributed by atoms with Crippen LogP contribution in [0.15, 0.2) is 18.7 Å². The fourth-order valence-electron chi connectivity index (χ4n) is 4.20. The third-order valence-corrected chi connectivity index (χ3v) is 4.41. The summed E-state index contributed by atoms with van der Waals surface area (Å²) in [6.45, 7) is 0. The highest BCUT2D eigenvalue weighted by Crippen LogP contribution is 2.53. The van der Waals surface area contributed by atoms with Gasteiger partial charge in [-0.3, -0.25) is 0 Å². The van der Waals surface area contributed by atoms with Crippen LogP contribution < -0.4 is 0 Å². The molecule has 0 atom stereocenters. The third-order valence-electron chi connectivity index (χ3n) is 4.41. The zero-order valence-electron chi connectivity index (χ0n) is 9.64. The molecular weight excluding hydrogens is 264 g/mol. The normalized spacial score (nSPS) is 38.5. The Bertz CT molecular complexity index is 223. The van der Waals surface area contributed by atoms with Gasteiger partial charge in [-0.25, -0.2) is 4.98 Å². The maximum Gasteiger partial charge on any atom is 0.0919 e. The second kappa shape index (κ2) is 5.35. The van der Waals surface area contributed by atoms with Crippen LogP contribution in [-0.2, 0) is 0 Å². The average molecular weight is 285 g/mol. The van der Waals surface area contributed by atoms with E-state index in [2.05, 4.69) is 9.97 Å². The number of halogens is 1. The van der Waals surface area contributed by atoms with Gasteiger partial charge in [-0.1, -0.05) is 0 Å². The molecule has 3 heteroatoms. The quantitative estimate of drug-likeness (QED) is 0.771. The number of hydrogen-bond acceptors (Lipinski definition) is 1. The first-order valence-corrected chi connectivity index (χ1v) is 6.33. The highest BCUT2D eigenvalue weighted by atomic mass is 79.9. The smallest absolute Gasteiger partial charge is 0.0919 e. The zero-order valence-corrected chi connectivity index (χ0v) is 11.4. The molecule has 4 aliphatic rings. The molecule has 4 saturated carbocycles. The lowest BCUT2D eigenvalue weighted by Crippen LogP contribution is -2.38. The van der Waals surface area contributed by atoms with Crippen molar-refractivity contribution in [2.75, 3.05) is 0 Å². The molecular formula is C13H21BrN2. The zero-order chi connectivity index (χ0) is 10.1. The first-order valence-electron chi connectivity index (χ1n) is 6.33. The summed E-state index contributed by atoms with van der Waals surface area (Å²) in [7, 11) is 0. The summed E-state index contributed by atoms with van der Waals surface area (Å²) in [5, 5.41) is 0. The predicted octanol–water partition coefficient (Wildman–Crippen LogP) is 3.82. The molecule has 1 aromatic rings. The van der Waals surface area contributed by atoms with E-state index in [1.165, 1.54) is 23.7 Å². The maximum atomic E-state index is 3.67. The van der Waals surface area contributed by atoms with Crippen molar-refractivity contribution in [1.82, 2.24) is 9.97 Å². The van der Waals surface area contributed by atoms with E-state index in [4.69, 9.17) is 0 Å². The van der Waals surface area contributed by atoms with E-state index >= 15 is 0 Å². The van der Waals surface area contributed by atoms with Crippen molar-refractivity contribution < 1.29 is 0 Å². The van der Waals surface area contributed by atoms with E-state index in [1.54, 1.807) is 57.2 Å². The number of hydrogen-bond donors (Lipinski definition) is 1.